The summed E-state index contributed by atoms with van der Waals surface area (Å²) in [5, 5.41) is 0. The van der Waals surface area contributed by atoms with Crippen molar-refractivity contribution >= 4 is 0 Å². The predicted octanol–water partition coefficient (Wildman–Crippen LogP) is -26.1. The zero-order chi connectivity index (χ0) is 0. The Morgan fingerprint density at radius 2 is 0.182 bits per heavy atom. The molecule has 0 saturated heterocycles. The average Bonchev–Trinajstić information content (AvgIpc) is 0. The van der Waals surface area contributed by atoms with Gasteiger partial charge in [-0.25, -0.2) is 0 Å². The smallest absolute Gasteiger partial charge is 0.358 e. The molecule has 0 saturated carbocycles. The summed E-state index contributed by atoms with van der Waals surface area (Å²) in [6.45, 7) is 0. The molecule has 0 aromatic rings. The molecular formula is C2H6K9+7. The molecule has 0 spiro atoms. The van der Waals surface area contributed by atoms with E-state index in [4.69, 9.17) is 0 Å². The second-order valence-electron chi connectivity index (χ2n) is 0. The van der Waals surface area contributed by atoms with Gasteiger partial charge in [-0.2, -0.15) is 0 Å². The van der Waals surface area contributed by atoms with E-state index >= 15 is 0 Å². The molecule has 0 unspecified atom stereocenters. The second kappa shape index (κ2) is 64.2. The van der Waals surface area contributed by atoms with Gasteiger partial charge in [0.1, 0.15) is 0 Å². The van der Waals surface area contributed by atoms with Crippen LogP contribution in [0.3, 0.4) is 0 Å². The van der Waals surface area contributed by atoms with E-state index in [-0.39, 0.29) is 477 Å². The first kappa shape index (κ1) is 72.5. The van der Waals surface area contributed by atoms with Gasteiger partial charge in [0, 0.05) is 0 Å². The van der Waals surface area contributed by atoms with Gasteiger partial charge in [-0.3, -0.25) is 0 Å². The van der Waals surface area contributed by atoms with E-state index in [2.05, 4.69) is 0 Å². The van der Waals surface area contributed by atoms with Crippen molar-refractivity contribution in [3.63, 3.8) is 0 Å². The number of hydrogen-bond donors (Lipinski definition) is 0. The van der Waals surface area contributed by atoms with Gasteiger partial charge in [-0.05, 0) is 0 Å². The summed E-state index contributed by atoms with van der Waals surface area (Å²) in [4.78, 5) is 0. The third-order valence-electron chi connectivity index (χ3n) is 0. The van der Waals surface area contributed by atoms with Crippen LogP contribution in [0, 0.1) is 14.9 Å². The molecule has 0 radical (unpaired) electrons. The third kappa shape index (κ3) is 58.9. The van der Waals surface area contributed by atoms with Gasteiger partial charge >= 0.3 is 462 Å². The van der Waals surface area contributed by atoms with Crippen LogP contribution < -0.4 is 462 Å². The van der Waals surface area contributed by atoms with Gasteiger partial charge < -0.3 is 14.9 Å². The zero-order valence-electron chi connectivity index (χ0n) is 11.0. The Labute approximate surface area is 456 Å². The van der Waals surface area contributed by atoms with E-state index in [9.17, 15) is 0 Å². The minimum absolute atomic E-state index is 0. The molecule has 11 heavy (non-hydrogen) atoms. The van der Waals surface area contributed by atoms with Crippen molar-refractivity contribution in [2.75, 3.05) is 0 Å². The topological polar surface area (TPSA) is 0 Å². The molecular weight excluding hydrogens is 376 g/mol. The Morgan fingerprint density at radius 1 is 0.182 bits per heavy atom. The van der Waals surface area contributed by atoms with Gasteiger partial charge in [-0.1, -0.05) is 0 Å². The normalized spacial score (nSPS) is 0. The van der Waals surface area contributed by atoms with Gasteiger partial charge in [0.2, 0.25) is 0 Å². The van der Waals surface area contributed by atoms with Crippen molar-refractivity contribution < 1.29 is 462 Å². The Morgan fingerprint density at radius 3 is 0.182 bits per heavy atom. The summed E-state index contributed by atoms with van der Waals surface area (Å²) in [6.07, 6.45) is 0. The largest absolute Gasteiger partial charge is 1.00 e. The van der Waals surface area contributed by atoms with Gasteiger partial charge in [0.15, 0.2) is 0 Å². The van der Waals surface area contributed by atoms with E-state index in [0.29, 0.717) is 0 Å². The van der Waals surface area contributed by atoms with Crippen molar-refractivity contribution in [3.05, 3.63) is 14.9 Å². The SMILES string of the molecule is [CH3-].[CH3-].[K+].[K+].[K+].[K+].[K+].[K+].[K+].[K+].[K+]. The molecule has 16 valence electrons. The van der Waals surface area contributed by atoms with E-state index in [1.54, 1.807) is 0 Å². The first-order chi connectivity index (χ1) is 0. The molecule has 0 aliphatic rings. The molecule has 0 aromatic heterocycles. The molecule has 0 nitrogen and oxygen atoms in total. The van der Waals surface area contributed by atoms with Crippen molar-refractivity contribution in [1.82, 2.24) is 0 Å². The maximum absolute atomic E-state index is 0. The molecule has 0 heterocycles. The summed E-state index contributed by atoms with van der Waals surface area (Å²) < 4.78 is 0. The third-order valence-corrected chi connectivity index (χ3v) is 0. The Balaban J connectivity index is 0. The fourth-order valence-electron chi connectivity index (χ4n) is 0. The minimum Gasteiger partial charge on any atom is -0.358 e. The van der Waals surface area contributed by atoms with Crippen molar-refractivity contribution in [1.29, 1.82) is 0 Å². The van der Waals surface area contributed by atoms with E-state index < -0.39 is 0 Å². The Bertz CT molecular complexity index is 7.52. The van der Waals surface area contributed by atoms with Gasteiger partial charge in [0.25, 0.3) is 0 Å². The molecule has 0 bridgehead atoms. The van der Waals surface area contributed by atoms with Crippen LogP contribution in [-0.2, 0) is 0 Å². The van der Waals surface area contributed by atoms with Gasteiger partial charge in [0.05, 0.1) is 0 Å². The average molecular weight is 382 g/mol. The number of hydrogen-bond acceptors (Lipinski definition) is 0. The van der Waals surface area contributed by atoms with Crippen LogP contribution in [0.25, 0.3) is 0 Å². The molecule has 0 aromatic carbocycles. The first-order valence-corrected chi connectivity index (χ1v) is 0. The fraction of sp³-hybridized carbons (Fsp3) is 0. The second-order valence-corrected chi connectivity index (χ2v) is 0. The summed E-state index contributed by atoms with van der Waals surface area (Å²) in [6, 6.07) is 0. The van der Waals surface area contributed by atoms with Crippen LogP contribution in [0.4, 0.5) is 0 Å². The molecule has 0 atom stereocenters. The molecule has 0 amide bonds. The molecule has 0 aliphatic heterocycles. The Hall–Kier alpha value is 14.7. The fourth-order valence-corrected chi connectivity index (χ4v) is 0. The quantitative estimate of drug-likeness (QED) is 0.289. The van der Waals surface area contributed by atoms with Gasteiger partial charge in [-0.15, -0.1) is 0 Å². The van der Waals surface area contributed by atoms with Crippen LogP contribution >= 0.6 is 0 Å². The Kier molecular flexibility index (Phi) is 423. The molecule has 9 heteroatoms. The molecule has 0 N–H and O–H groups in total. The van der Waals surface area contributed by atoms with Crippen LogP contribution in [0.15, 0.2) is 0 Å². The summed E-state index contributed by atoms with van der Waals surface area (Å²) >= 11 is 0. The molecule has 0 fully saturated rings. The van der Waals surface area contributed by atoms with E-state index in [0.717, 1.165) is 0 Å². The minimum atomic E-state index is 0. The summed E-state index contributed by atoms with van der Waals surface area (Å²) in [7, 11) is 0. The van der Waals surface area contributed by atoms with E-state index in [1.165, 1.54) is 0 Å². The van der Waals surface area contributed by atoms with Crippen molar-refractivity contribution in [2.45, 2.75) is 0 Å². The monoisotopic (exact) mass is 381 g/mol. The maximum Gasteiger partial charge on any atom is 1.00 e. The van der Waals surface area contributed by atoms with Crippen molar-refractivity contribution in [2.24, 2.45) is 0 Å². The van der Waals surface area contributed by atoms with Crippen LogP contribution in [-0.4, -0.2) is 0 Å². The summed E-state index contributed by atoms with van der Waals surface area (Å²) in [5.41, 5.74) is 0. The number of rotatable bonds is 0. The standard InChI is InChI=1S/2CH3.9K/h2*1H3;;;;;;;;;/q2*-1;9*+1. The van der Waals surface area contributed by atoms with E-state index in [1.807, 2.05) is 0 Å². The zero-order valence-corrected chi connectivity index (χ0v) is 39.1. The van der Waals surface area contributed by atoms with Crippen molar-refractivity contribution in [3.8, 4) is 0 Å². The molecule has 0 aliphatic carbocycles. The predicted molar refractivity (Wildman–Crippen MR) is 12.8 cm³/mol. The van der Waals surface area contributed by atoms with Crippen LogP contribution in [0.5, 0.6) is 0 Å². The molecule has 0 rings (SSSR count). The van der Waals surface area contributed by atoms with Crippen LogP contribution in [0.1, 0.15) is 0 Å². The first-order valence-electron chi connectivity index (χ1n) is 0. The van der Waals surface area contributed by atoms with Crippen LogP contribution in [0.2, 0.25) is 0 Å². The maximum atomic E-state index is 0. The summed E-state index contributed by atoms with van der Waals surface area (Å²) in [5.74, 6) is 0.